The first-order valence-electron chi connectivity index (χ1n) is 19.8. The zero-order valence-electron chi connectivity index (χ0n) is 34.6. The maximum Gasteiger partial charge on any atom is 2.00 e. The molecular formula is C52H42N4O3Zn. The van der Waals surface area contributed by atoms with Gasteiger partial charge in [0.15, 0.2) is 0 Å². The van der Waals surface area contributed by atoms with Crippen LogP contribution in [0.4, 0.5) is 0 Å². The Morgan fingerprint density at radius 3 is 1.15 bits per heavy atom. The Bertz CT molecular complexity index is 3110. The SMILES string of the molecule is CC(C)(C)c1cc(-c2c3nc(c(-c4ccccc4)c4ccc([n-]4)c(-c4ccccc4)c4nc(c(-c5ccccc5)c5ccc2[n-]5)C=C4)C=C3)c(C(C)(C)C)c(=O)oc1=O.[Zn+2]. The van der Waals surface area contributed by atoms with Gasteiger partial charge in [0.05, 0.1) is 28.3 Å². The molecule has 0 atom stereocenters. The topological polar surface area (TPSA) is 101 Å². The third-order valence-electron chi connectivity index (χ3n) is 10.8. The van der Waals surface area contributed by atoms with Crippen molar-refractivity contribution in [2.24, 2.45) is 0 Å². The molecule has 4 aromatic heterocycles. The van der Waals surface area contributed by atoms with E-state index in [-0.39, 0.29) is 19.5 Å². The van der Waals surface area contributed by atoms with Crippen molar-refractivity contribution < 1.29 is 23.9 Å². The van der Waals surface area contributed by atoms with Crippen LogP contribution in [0.25, 0.3) is 90.9 Å². The Morgan fingerprint density at radius 2 is 0.800 bits per heavy atom. The molecule has 6 heterocycles. The summed E-state index contributed by atoms with van der Waals surface area (Å²) in [5.41, 5.74) is 10.3. The number of nitrogens with zero attached hydrogens (tertiary/aromatic N) is 4. The molecule has 7 aromatic rings. The molecule has 8 bridgehead atoms. The van der Waals surface area contributed by atoms with Gasteiger partial charge in [0.2, 0.25) is 0 Å². The van der Waals surface area contributed by atoms with E-state index in [0.29, 0.717) is 44.7 Å². The van der Waals surface area contributed by atoms with Crippen molar-refractivity contribution in [3.05, 3.63) is 176 Å². The van der Waals surface area contributed by atoms with E-state index in [9.17, 15) is 9.59 Å². The number of hydrogen-bond acceptors (Lipinski definition) is 5. The fourth-order valence-corrected chi connectivity index (χ4v) is 8.07. The molecule has 0 fully saturated rings. The van der Waals surface area contributed by atoms with E-state index < -0.39 is 22.1 Å². The third-order valence-corrected chi connectivity index (χ3v) is 10.8. The monoisotopic (exact) mass is 834 g/mol. The van der Waals surface area contributed by atoms with Crippen LogP contribution in [0.1, 0.15) is 75.4 Å². The maximum absolute atomic E-state index is 14.2. The first kappa shape index (κ1) is 40.3. The van der Waals surface area contributed by atoms with E-state index >= 15 is 0 Å². The molecule has 0 unspecified atom stereocenters. The zero-order chi connectivity index (χ0) is 41.1. The molecule has 0 saturated carbocycles. The fourth-order valence-electron chi connectivity index (χ4n) is 8.07. The van der Waals surface area contributed by atoms with Crippen LogP contribution in [0.3, 0.4) is 0 Å². The molecule has 0 N–H and O–H groups in total. The van der Waals surface area contributed by atoms with Gasteiger partial charge in [0.25, 0.3) is 0 Å². The van der Waals surface area contributed by atoms with Gasteiger partial charge in [-0.25, -0.2) is 19.6 Å². The van der Waals surface area contributed by atoms with Gasteiger partial charge in [-0.1, -0.05) is 157 Å². The first-order chi connectivity index (χ1) is 28.3. The molecule has 0 radical (unpaired) electrons. The fraction of sp³-hybridized carbons (Fsp3) is 0.154. The van der Waals surface area contributed by atoms with Crippen molar-refractivity contribution >= 4 is 46.4 Å². The molecule has 2 aliphatic rings. The summed E-state index contributed by atoms with van der Waals surface area (Å²) >= 11 is 0. The van der Waals surface area contributed by atoms with E-state index in [1.807, 2.05) is 151 Å². The average Bonchev–Trinajstić information content (AvgIpc) is 4.04. The molecule has 3 aromatic carbocycles. The number of fused-ring (bicyclic) bond motifs is 8. The van der Waals surface area contributed by atoms with Gasteiger partial charge in [-0.3, -0.25) is 0 Å². The van der Waals surface area contributed by atoms with Crippen molar-refractivity contribution in [1.82, 2.24) is 19.9 Å². The van der Waals surface area contributed by atoms with Crippen LogP contribution in [-0.4, -0.2) is 9.97 Å². The van der Waals surface area contributed by atoms with E-state index in [1.165, 1.54) is 0 Å². The summed E-state index contributed by atoms with van der Waals surface area (Å²) in [5, 5.41) is 0. The Kier molecular flexibility index (Phi) is 10.5. The Hall–Kier alpha value is -6.50. The van der Waals surface area contributed by atoms with Gasteiger partial charge >= 0.3 is 30.7 Å². The number of rotatable bonds is 4. The van der Waals surface area contributed by atoms with E-state index in [4.69, 9.17) is 24.4 Å². The van der Waals surface area contributed by atoms with Crippen LogP contribution in [0.2, 0.25) is 0 Å². The van der Waals surface area contributed by atoms with Crippen LogP contribution in [0.15, 0.2) is 135 Å². The van der Waals surface area contributed by atoms with Crippen molar-refractivity contribution in [2.75, 3.05) is 0 Å². The molecule has 7 nitrogen and oxygen atoms in total. The Balaban J connectivity index is 0.00000499. The summed E-state index contributed by atoms with van der Waals surface area (Å²) in [6, 6.07) is 40.4. The van der Waals surface area contributed by atoms with Gasteiger partial charge in [0, 0.05) is 5.56 Å². The maximum atomic E-state index is 14.2. The molecule has 0 saturated heterocycles. The summed E-state index contributed by atoms with van der Waals surface area (Å²) < 4.78 is 5.61. The first-order valence-corrected chi connectivity index (χ1v) is 19.8. The van der Waals surface area contributed by atoms with Gasteiger partial charge in [-0.2, -0.15) is 0 Å². The van der Waals surface area contributed by atoms with Crippen LogP contribution >= 0.6 is 0 Å². The second-order valence-corrected chi connectivity index (χ2v) is 17.0. The van der Waals surface area contributed by atoms with Crippen molar-refractivity contribution in [2.45, 2.75) is 52.4 Å². The molecule has 2 aliphatic heterocycles. The molecule has 0 spiro atoms. The van der Waals surface area contributed by atoms with Gasteiger partial charge in [-0.05, 0) is 85.7 Å². The Labute approximate surface area is 361 Å². The normalized spacial score (nSPS) is 12.4. The molecule has 60 heavy (non-hydrogen) atoms. The summed E-state index contributed by atoms with van der Waals surface area (Å²) in [6.07, 6.45) is 8.05. The predicted molar refractivity (Wildman–Crippen MR) is 241 cm³/mol. The predicted octanol–water partition coefficient (Wildman–Crippen LogP) is 11.5. The van der Waals surface area contributed by atoms with Crippen molar-refractivity contribution in [1.29, 1.82) is 0 Å². The average molecular weight is 836 g/mol. The minimum Gasteiger partial charge on any atom is -0.657 e. The molecule has 0 amide bonds. The zero-order valence-corrected chi connectivity index (χ0v) is 37.5. The van der Waals surface area contributed by atoms with Crippen molar-refractivity contribution in [3.8, 4) is 44.5 Å². The second-order valence-electron chi connectivity index (χ2n) is 17.0. The van der Waals surface area contributed by atoms with E-state index in [1.54, 1.807) is 0 Å². The quantitative estimate of drug-likeness (QED) is 0.163. The molecule has 9 rings (SSSR count). The largest absolute Gasteiger partial charge is 2.00 e. The van der Waals surface area contributed by atoms with Crippen LogP contribution < -0.4 is 21.2 Å². The molecular weight excluding hydrogens is 794 g/mol. The second kappa shape index (κ2) is 15.6. The molecule has 290 valence electrons. The van der Waals surface area contributed by atoms with Crippen LogP contribution in [0, 0.1) is 0 Å². The van der Waals surface area contributed by atoms with E-state index in [2.05, 4.69) is 36.4 Å². The van der Waals surface area contributed by atoms with Gasteiger partial charge < -0.3 is 14.4 Å². The number of aromatic nitrogens is 4. The standard InChI is InChI=1S/C52H44N4O3.Zn/c1-51(2,3)35-30-34(48(52(4,5)6)50(58)59-49(35)57)47-42-28-26-40(55-42)45(32-18-12-8-13-19-32)38-24-22-36(53-38)44(31-16-10-7-11-17-31)37-23-25-39(54-37)46(33-20-14-9-15-21-33)41-27-29-43(47)56-41;/h7-30H,1-6H3,(H2,53,54,55,56,57,58);/q;+2/p-2. The van der Waals surface area contributed by atoms with Crippen LogP contribution in [0.5, 0.6) is 0 Å². The van der Waals surface area contributed by atoms with Crippen LogP contribution in [-0.2, 0) is 30.3 Å². The van der Waals surface area contributed by atoms with Gasteiger partial charge in [0.1, 0.15) is 0 Å². The third kappa shape index (κ3) is 7.37. The summed E-state index contributed by atoms with van der Waals surface area (Å²) in [4.78, 5) is 49.3. The molecule has 0 aliphatic carbocycles. The summed E-state index contributed by atoms with van der Waals surface area (Å²) in [7, 11) is 0. The minimum atomic E-state index is -0.732. The molecule has 8 heteroatoms. The van der Waals surface area contributed by atoms with Gasteiger partial charge in [-0.15, -0.1) is 22.1 Å². The minimum absolute atomic E-state index is 0. The summed E-state index contributed by atoms with van der Waals surface area (Å²) in [6.45, 7) is 11.7. The van der Waals surface area contributed by atoms with Crippen molar-refractivity contribution in [3.63, 3.8) is 0 Å². The van der Waals surface area contributed by atoms with E-state index in [0.717, 1.165) is 55.8 Å². The Morgan fingerprint density at radius 1 is 0.450 bits per heavy atom. The smallest absolute Gasteiger partial charge is 0.657 e. The number of hydrogen-bond donors (Lipinski definition) is 0. The number of benzene rings is 3. The summed E-state index contributed by atoms with van der Waals surface area (Å²) in [5.74, 6) is 0.